The molecule has 0 fully saturated rings. The summed E-state index contributed by atoms with van der Waals surface area (Å²) < 4.78 is 1.81. The summed E-state index contributed by atoms with van der Waals surface area (Å²) in [5.41, 5.74) is 1.45. The molecule has 0 aliphatic rings. The van der Waals surface area contributed by atoms with Crippen molar-refractivity contribution in [3.05, 3.63) is 77.5 Å². The van der Waals surface area contributed by atoms with E-state index in [9.17, 15) is 9.59 Å². The molecule has 2 amide bonds. The summed E-state index contributed by atoms with van der Waals surface area (Å²) in [4.78, 5) is 32.2. The van der Waals surface area contributed by atoms with Gasteiger partial charge in [0.15, 0.2) is 0 Å². The molecule has 0 saturated carbocycles. The normalized spacial score (nSPS) is 10.5. The Morgan fingerprint density at radius 1 is 1.07 bits per heavy atom. The zero-order valence-electron chi connectivity index (χ0n) is 15.1. The van der Waals surface area contributed by atoms with E-state index >= 15 is 0 Å². The molecular weight excluding hydrogens is 378 g/mol. The van der Waals surface area contributed by atoms with Gasteiger partial charge in [0.1, 0.15) is 12.1 Å². The number of nitrogens with one attached hydrogen (secondary N) is 2. The van der Waals surface area contributed by atoms with Crippen molar-refractivity contribution in [3.63, 3.8) is 0 Å². The van der Waals surface area contributed by atoms with Gasteiger partial charge in [-0.1, -0.05) is 17.7 Å². The van der Waals surface area contributed by atoms with Crippen LogP contribution in [-0.4, -0.2) is 32.9 Å². The van der Waals surface area contributed by atoms with Crippen LogP contribution < -0.4 is 10.6 Å². The quantitative estimate of drug-likeness (QED) is 0.572. The van der Waals surface area contributed by atoms with E-state index < -0.39 is 0 Å². The number of carbonyl (C=O) groups excluding carboxylic acids is 2. The molecule has 0 spiro atoms. The molecule has 0 aliphatic carbocycles. The van der Waals surface area contributed by atoms with Crippen molar-refractivity contribution in [2.24, 2.45) is 0 Å². The molecule has 2 aromatic heterocycles. The lowest BCUT2D eigenvalue weighted by molar-refractivity contribution is -0.121. The first-order valence-corrected chi connectivity index (χ1v) is 9.23. The maximum Gasteiger partial charge on any atom is 0.251 e. The second-order valence-electron chi connectivity index (χ2n) is 6.14. The van der Waals surface area contributed by atoms with E-state index in [2.05, 4.69) is 20.6 Å². The summed E-state index contributed by atoms with van der Waals surface area (Å²) in [5.74, 6) is 0.518. The summed E-state index contributed by atoms with van der Waals surface area (Å²) in [5, 5.41) is 6.22. The zero-order chi connectivity index (χ0) is 19.8. The van der Waals surface area contributed by atoms with Crippen LogP contribution in [0.2, 0.25) is 5.02 Å². The molecule has 2 N–H and O–H groups in total. The first-order valence-electron chi connectivity index (χ1n) is 8.85. The van der Waals surface area contributed by atoms with Crippen LogP contribution in [0.25, 0.3) is 5.82 Å². The lowest BCUT2D eigenvalue weighted by Crippen LogP contribution is -2.27. The maximum atomic E-state index is 12.0. The number of hydrogen-bond donors (Lipinski definition) is 2. The predicted octanol–water partition coefficient (Wildman–Crippen LogP) is 2.75. The number of aromatic nitrogens is 3. The maximum absolute atomic E-state index is 12.0. The Hall–Kier alpha value is -3.19. The van der Waals surface area contributed by atoms with Gasteiger partial charge in [-0.25, -0.2) is 9.97 Å². The number of halogens is 1. The van der Waals surface area contributed by atoms with E-state index in [1.807, 2.05) is 18.3 Å². The standard InChI is InChI=1S/C20H20ClN5O2/c21-17-6-4-16(5-7-17)20(28)23-9-1-2-19(27)25-13-15-3-8-18(24-12-15)26-11-10-22-14-26/h3-8,10-12,14H,1-2,9,13H2,(H,23,28)(H,25,27). The van der Waals surface area contributed by atoms with Crippen molar-refractivity contribution < 1.29 is 9.59 Å². The minimum Gasteiger partial charge on any atom is -0.352 e. The molecule has 0 atom stereocenters. The molecule has 0 unspecified atom stereocenters. The molecule has 144 valence electrons. The van der Waals surface area contributed by atoms with E-state index in [0.29, 0.717) is 36.5 Å². The third-order valence-electron chi connectivity index (χ3n) is 4.04. The minimum absolute atomic E-state index is 0.0700. The number of nitrogens with zero attached hydrogens (tertiary/aromatic N) is 3. The molecule has 28 heavy (non-hydrogen) atoms. The van der Waals surface area contributed by atoms with Gasteiger partial charge in [0.2, 0.25) is 5.91 Å². The average molecular weight is 398 g/mol. The Morgan fingerprint density at radius 3 is 2.57 bits per heavy atom. The topological polar surface area (TPSA) is 88.9 Å². The first-order chi connectivity index (χ1) is 13.6. The number of hydrogen-bond acceptors (Lipinski definition) is 4. The first kappa shape index (κ1) is 19.6. The van der Waals surface area contributed by atoms with Gasteiger partial charge in [-0.15, -0.1) is 0 Å². The monoisotopic (exact) mass is 397 g/mol. The van der Waals surface area contributed by atoms with Crippen LogP contribution in [0.1, 0.15) is 28.8 Å². The van der Waals surface area contributed by atoms with E-state index in [-0.39, 0.29) is 11.8 Å². The van der Waals surface area contributed by atoms with Crippen molar-refractivity contribution in [2.75, 3.05) is 6.54 Å². The Labute approximate surface area is 167 Å². The third-order valence-corrected chi connectivity index (χ3v) is 4.29. The summed E-state index contributed by atoms with van der Waals surface area (Å²) in [6.07, 6.45) is 7.80. The largest absolute Gasteiger partial charge is 0.352 e. The molecule has 0 radical (unpaired) electrons. The summed E-state index contributed by atoms with van der Waals surface area (Å²) in [6.45, 7) is 0.837. The fourth-order valence-corrected chi connectivity index (χ4v) is 2.64. The molecule has 0 aliphatic heterocycles. The number of benzene rings is 1. The number of pyridine rings is 1. The van der Waals surface area contributed by atoms with E-state index in [1.54, 1.807) is 47.6 Å². The van der Waals surface area contributed by atoms with Gasteiger partial charge in [-0.2, -0.15) is 0 Å². The molecule has 2 heterocycles. The second kappa shape index (κ2) is 9.66. The summed E-state index contributed by atoms with van der Waals surface area (Å²) in [7, 11) is 0. The van der Waals surface area contributed by atoms with Crippen LogP contribution in [0.15, 0.2) is 61.3 Å². The Morgan fingerprint density at radius 2 is 1.89 bits per heavy atom. The van der Waals surface area contributed by atoms with Gasteiger partial charge in [0.05, 0.1) is 0 Å². The molecule has 3 rings (SSSR count). The van der Waals surface area contributed by atoms with Gasteiger partial charge in [-0.05, 0) is 42.3 Å². The highest BCUT2D eigenvalue weighted by molar-refractivity contribution is 6.30. The summed E-state index contributed by atoms with van der Waals surface area (Å²) >= 11 is 5.80. The van der Waals surface area contributed by atoms with Gasteiger partial charge >= 0.3 is 0 Å². The smallest absolute Gasteiger partial charge is 0.251 e. The van der Waals surface area contributed by atoms with Crippen LogP contribution in [0.5, 0.6) is 0 Å². The highest BCUT2D eigenvalue weighted by Gasteiger charge is 2.06. The van der Waals surface area contributed by atoms with Gasteiger partial charge in [0, 0.05) is 48.7 Å². The Balaban J connectivity index is 1.34. The number of amides is 2. The number of carbonyl (C=O) groups is 2. The molecular formula is C20H20ClN5O2. The highest BCUT2D eigenvalue weighted by Crippen LogP contribution is 2.09. The zero-order valence-corrected chi connectivity index (χ0v) is 15.9. The third kappa shape index (κ3) is 5.65. The summed E-state index contributed by atoms with van der Waals surface area (Å²) in [6, 6.07) is 10.4. The Bertz CT molecular complexity index is 909. The van der Waals surface area contributed by atoms with Crippen molar-refractivity contribution in [2.45, 2.75) is 19.4 Å². The molecule has 8 heteroatoms. The molecule has 3 aromatic rings. The fraction of sp³-hybridized carbons (Fsp3) is 0.200. The molecule has 1 aromatic carbocycles. The molecule has 0 saturated heterocycles. The van der Waals surface area contributed by atoms with E-state index in [4.69, 9.17) is 11.6 Å². The van der Waals surface area contributed by atoms with Crippen LogP contribution in [-0.2, 0) is 11.3 Å². The molecule has 0 bridgehead atoms. The minimum atomic E-state index is -0.180. The van der Waals surface area contributed by atoms with E-state index in [1.165, 1.54) is 0 Å². The molecule has 7 nitrogen and oxygen atoms in total. The van der Waals surface area contributed by atoms with Crippen molar-refractivity contribution >= 4 is 23.4 Å². The fourth-order valence-electron chi connectivity index (χ4n) is 2.51. The predicted molar refractivity (Wildman–Crippen MR) is 106 cm³/mol. The van der Waals surface area contributed by atoms with Crippen molar-refractivity contribution in [3.8, 4) is 5.82 Å². The van der Waals surface area contributed by atoms with Gasteiger partial charge in [-0.3, -0.25) is 14.2 Å². The highest BCUT2D eigenvalue weighted by atomic mass is 35.5. The van der Waals surface area contributed by atoms with Crippen molar-refractivity contribution in [1.29, 1.82) is 0 Å². The second-order valence-corrected chi connectivity index (χ2v) is 6.57. The van der Waals surface area contributed by atoms with Crippen molar-refractivity contribution in [1.82, 2.24) is 25.2 Å². The SMILES string of the molecule is O=C(CCCNC(=O)c1ccc(Cl)cc1)NCc1ccc(-n2ccnc2)nc1. The van der Waals surface area contributed by atoms with Gasteiger partial charge in [0.25, 0.3) is 5.91 Å². The number of rotatable bonds is 8. The van der Waals surface area contributed by atoms with Crippen LogP contribution >= 0.6 is 11.6 Å². The van der Waals surface area contributed by atoms with Crippen LogP contribution in [0.3, 0.4) is 0 Å². The van der Waals surface area contributed by atoms with Gasteiger partial charge < -0.3 is 10.6 Å². The number of imidazole rings is 1. The lowest BCUT2D eigenvalue weighted by atomic mass is 10.2. The van der Waals surface area contributed by atoms with Crippen LogP contribution in [0.4, 0.5) is 0 Å². The average Bonchev–Trinajstić information content (AvgIpc) is 3.25. The van der Waals surface area contributed by atoms with Crippen LogP contribution in [0, 0.1) is 0 Å². The lowest BCUT2D eigenvalue weighted by Gasteiger charge is -2.07. The van der Waals surface area contributed by atoms with E-state index in [0.717, 1.165) is 11.4 Å². The Kier molecular flexibility index (Phi) is 6.75.